The highest BCUT2D eigenvalue weighted by atomic mass is 32.1. The summed E-state index contributed by atoms with van der Waals surface area (Å²) >= 11 is 1.31. The van der Waals surface area contributed by atoms with Crippen LogP contribution in [0.4, 0.5) is 10.8 Å². The molecule has 0 radical (unpaired) electrons. The number of amides is 2. The Morgan fingerprint density at radius 2 is 2.00 bits per heavy atom. The van der Waals surface area contributed by atoms with Crippen LogP contribution in [0.15, 0.2) is 18.3 Å². The summed E-state index contributed by atoms with van der Waals surface area (Å²) in [5, 5.41) is 16.8. The Morgan fingerprint density at radius 1 is 1.28 bits per heavy atom. The van der Waals surface area contributed by atoms with Crippen molar-refractivity contribution in [3.05, 3.63) is 34.3 Å². The van der Waals surface area contributed by atoms with E-state index in [9.17, 15) is 14.7 Å². The second-order valence-electron chi connectivity index (χ2n) is 7.44. The Labute approximate surface area is 175 Å². The van der Waals surface area contributed by atoms with E-state index in [0.29, 0.717) is 33.6 Å². The number of nitrogens with zero attached hydrogens (tertiary/aromatic N) is 2. The van der Waals surface area contributed by atoms with Crippen LogP contribution in [-0.4, -0.2) is 46.4 Å². The summed E-state index contributed by atoms with van der Waals surface area (Å²) in [5.74, 6) is 0.641. The highest BCUT2D eigenvalue weighted by molar-refractivity contribution is 7.17. The van der Waals surface area contributed by atoms with Crippen molar-refractivity contribution in [1.82, 2.24) is 9.88 Å². The maximum atomic E-state index is 12.6. The van der Waals surface area contributed by atoms with Crippen LogP contribution in [0.25, 0.3) is 0 Å². The Kier molecular flexibility index (Phi) is 6.74. The molecule has 156 valence electrons. The number of rotatable bonds is 6. The lowest BCUT2D eigenvalue weighted by atomic mass is 9.97. The summed E-state index contributed by atoms with van der Waals surface area (Å²) < 4.78 is 0. The van der Waals surface area contributed by atoms with E-state index < -0.39 is 0 Å². The van der Waals surface area contributed by atoms with Gasteiger partial charge in [-0.1, -0.05) is 24.3 Å². The van der Waals surface area contributed by atoms with E-state index in [1.165, 1.54) is 11.3 Å². The van der Waals surface area contributed by atoms with E-state index in [1.54, 1.807) is 25.3 Å². The van der Waals surface area contributed by atoms with Gasteiger partial charge < -0.3 is 20.6 Å². The highest BCUT2D eigenvalue weighted by Gasteiger charge is 2.22. The van der Waals surface area contributed by atoms with Crippen LogP contribution in [0.3, 0.4) is 0 Å². The van der Waals surface area contributed by atoms with E-state index in [0.717, 1.165) is 38.0 Å². The molecule has 1 aliphatic heterocycles. The molecule has 3 N–H and O–H groups in total. The third-order valence-electron chi connectivity index (χ3n) is 5.42. The number of phenolic OH excluding ortho intramolecular Hbond substituents is 1. The van der Waals surface area contributed by atoms with Crippen molar-refractivity contribution in [3.8, 4) is 5.75 Å². The van der Waals surface area contributed by atoms with Gasteiger partial charge in [-0.25, -0.2) is 4.98 Å². The van der Waals surface area contributed by atoms with Crippen LogP contribution < -0.4 is 10.6 Å². The van der Waals surface area contributed by atoms with Crippen LogP contribution >= 0.6 is 11.3 Å². The zero-order valence-corrected chi connectivity index (χ0v) is 17.9. The number of anilines is 2. The first-order valence-corrected chi connectivity index (χ1v) is 10.8. The average molecular weight is 417 g/mol. The quantitative estimate of drug-likeness (QED) is 0.666. The van der Waals surface area contributed by atoms with Crippen molar-refractivity contribution in [2.45, 2.75) is 40.0 Å². The molecule has 1 aromatic carbocycles. The summed E-state index contributed by atoms with van der Waals surface area (Å²) in [6.07, 6.45) is 4.09. The number of phenols is 1. The topological polar surface area (TPSA) is 94.6 Å². The van der Waals surface area contributed by atoms with Gasteiger partial charge in [-0.2, -0.15) is 0 Å². The van der Waals surface area contributed by atoms with E-state index in [-0.39, 0.29) is 17.6 Å². The third-order valence-corrected chi connectivity index (χ3v) is 6.38. The first-order valence-electron chi connectivity index (χ1n) is 9.97. The predicted molar refractivity (Wildman–Crippen MR) is 116 cm³/mol. The van der Waals surface area contributed by atoms with E-state index in [1.807, 2.05) is 18.7 Å². The maximum Gasteiger partial charge on any atom is 0.267 e. The minimum Gasteiger partial charge on any atom is -0.508 e. The predicted octanol–water partition coefficient (Wildman–Crippen LogP) is 3.78. The van der Waals surface area contributed by atoms with Gasteiger partial charge in [0.15, 0.2) is 5.13 Å². The number of aryl methyl sites for hydroxylation is 1. The normalized spacial score (nSPS) is 14.7. The van der Waals surface area contributed by atoms with Gasteiger partial charge in [-0.05, 0) is 44.2 Å². The number of aromatic hydroxyl groups is 1. The van der Waals surface area contributed by atoms with Gasteiger partial charge in [-0.3, -0.25) is 9.59 Å². The van der Waals surface area contributed by atoms with Gasteiger partial charge in [0.05, 0.1) is 11.9 Å². The molecule has 0 aliphatic carbocycles. The monoisotopic (exact) mass is 416 g/mol. The molecule has 1 aromatic heterocycles. The number of nitrogens with one attached hydrogen (secondary N) is 2. The van der Waals surface area contributed by atoms with Crippen molar-refractivity contribution in [2.75, 3.05) is 30.3 Å². The number of carbonyl (C=O) groups is 2. The van der Waals surface area contributed by atoms with E-state index in [2.05, 4.69) is 15.6 Å². The zero-order chi connectivity index (χ0) is 21.0. The molecular weight excluding hydrogens is 388 g/mol. The smallest absolute Gasteiger partial charge is 0.267 e. The van der Waals surface area contributed by atoms with Crippen molar-refractivity contribution in [3.63, 3.8) is 0 Å². The third kappa shape index (κ3) is 5.06. The Morgan fingerprint density at radius 3 is 2.69 bits per heavy atom. The minimum atomic E-state index is -0.237. The number of thiazole rings is 1. The number of likely N-dealkylation sites (tertiary alicyclic amines) is 1. The molecule has 0 spiro atoms. The van der Waals surface area contributed by atoms with Crippen molar-refractivity contribution in [1.29, 1.82) is 0 Å². The van der Waals surface area contributed by atoms with Gasteiger partial charge in [0.2, 0.25) is 5.91 Å². The number of hydrogen-bond donors (Lipinski definition) is 3. The molecule has 2 aromatic rings. The van der Waals surface area contributed by atoms with Gasteiger partial charge >= 0.3 is 0 Å². The highest BCUT2D eigenvalue weighted by Crippen LogP contribution is 2.29. The summed E-state index contributed by atoms with van der Waals surface area (Å²) in [7, 11) is 0. The standard InChI is InChI=1S/C21H28N4O3S/c1-4-18(27)25-9-7-15(8-10-25)11-22-21-23-12-17(29-21)20(28)24-19-13(2)5-6-16(26)14(19)3/h5-6,12,15,26H,4,7-11H2,1-3H3,(H,22,23)(H,24,28). The van der Waals surface area contributed by atoms with E-state index >= 15 is 0 Å². The van der Waals surface area contributed by atoms with Crippen LogP contribution in [0.1, 0.15) is 47.0 Å². The Balaban J connectivity index is 1.53. The summed E-state index contributed by atoms with van der Waals surface area (Å²) in [5.41, 5.74) is 2.17. The van der Waals surface area contributed by atoms with E-state index in [4.69, 9.17) is 0 Å². The number of carbonyl (C=O) groups excluding carboxylic acids is 2. The molecule has 0 unspecified atom stereocenters. The maximum absolute atomic E-state index is 12.6. The fourth-order valence-corrected chi connectivity index (χ4v) is 4.22. The second-order valence-corrected chi connectivity index (χ2v) is 8.47. The summed E-state index contributed by atoms with van der Waals surface area (Å²) in [6, 6.07) is 3.40. The second kappa shape index (κ2) is 9.26. The van der Waals surface area contributed by atoms with Gasteiger partial charge in [0.1, 0.15) is 10.6 Å². The summed E-state index contributed by atoms with van der Waals surface area (Å²) in [6.45, 7) is 7.97. The molecule has 0 atom stereocenters. The molecule has 0 saturated carbocycles. The van der Waals surface area contributed by atoms with Gasteiger partial charge in [0.25, 0.3) is 5.91 Å². The molecule has 1 aliphatic rings. The van der Waals surface area contributed by atoms with Gasteiger partial charge in [-0.15, -0.1) is 0 Å². The van der Waals surface area contributed by atoms with Crippen LogP contribution in [0.2, 0.25) is 0 Å². The Hall–Kier alpha value is -2.61. The molecule has 8 heteroatoms. The number of aromatic nitrogens is 1. The van der Waals surface area contributed by atoms with Crippen molar-refractivity contribution < 1.29 is 14.7 Å². The van der Waals surface area contributed by atoms with Crippen LogP contribution in [0, 0.1) is 19.8 Å². The van der Waals surface area contributed by atoms with Crippen molar-refractivity contribution in [2.24, 2.45) is 5.92 Å². The number of piperidine rings is 1. The minimum absolute atomic E-state index is 0.157. The lowest BCUT2D eigenvalue weighted by molar-refractivity contribution is -0.132. The Bertz CT molecular complexity index is 888. The first kappa shape index (κ1) is 21.1. The molecule has 29 heavy (non-hydrogen) atoms. The average Bonchev–Trinajstić information content (AvgIpc) is 3.21. The molecular formula is C21H28N4O3S. The fraction of sp³-hybridized carbons (Fsp3) is 0.476. The largest absolute Gasteiger partial charge is 0.508 e. The van der Waals surface area contributed by atoms with Crippen LogP contribution in [-0.2, 0) is 4.79 Å². The fourth-order valence-electron chi connectivity index (χ4n) is 3.51. The molecule has 1 fully saturated rings. The number of benzene rings is 1. The summed E-state index contributed by atoms with van der Waals surface area (Å²) in [4.78, 5) is 31.1. The molecule has 0 bridgehead atoms. The molecule has 2 heterocycles. The molecule has 1 saturated heterocycles. The van der Waals surface area contributed by atoms with Gasteiger partial charge in [0, 0.05) is 31.6 Å². The molecule has 2 amide bonds. The zero-order valence-electron chi connectivity index (χ0n) is 17.1. The lowest BCUT2D eigenvalue weighted by Gasteiger charge is -2.31. The van der Waals surface area contributed by atoms with Crippen LogP contribution in [0.5, 0.6) is 5.75 Å². The van der Waals surface area contributed by atoms with Crippen molar-refractivity contribution >= 4 is 34.0 Å². The SMILES string of the molecule is CCC(=O)N1CCC(CNc2ncc(C(=O)Nc3c(C)ccc(O)c3C)s2)CC1. The number of hydrogen-bond acceptors (Lipinski definition) is 6. The molecule has 7 nitrogen and oxygen atoms in total. The molecule has 3 rings (SSSR count). The first-order chi connectivity index (χ1) is 13.9. The lowest BCUT2D eigenvalue weighted by Crippen LogP contribution is -2.39.